The van der Waals surface area contributed by atoms with E-state index in [9.17, 15) is 0 Å². The van der Waals surface area contributed by atoms with Gasteiger partial charge in [-0.15, -0.1) is 0 Å². The Morgan fingerprint density at radius 3 is 2.62 bits per heavy atom. The number of thiocarbonyl (C=S) groups is 1. The van der Waals surface area contributed by atoms with Crippen LogP contribution in [-0.2, 0) is 0 Å². The molecule has 0 spiro atoms. The normalized spacial score (nSPS) is 20.4. The van der Waals surface area contributed by atoms with E-state index in [0.717, 1.165) is 0 Å². The lowest BCUT2D eigenvalue weighted by molar-refractivity contribution is 0.677. The van der Waals surface area contributed by atoms with Crippen LogP contribution in [0, 0.1) is 5.41 Å². The van der Waals surface area contributed by atoms with Crippen LogP contribution < -0.4 is 5.84 Å². The van der Waals surface area contributed by atoms with Crippen molar-refractivity contribution in [2.45, 2.75) is 0 Å². The van der Waals surface area contributed by atoms with E-state index < -0.39 is 0 Å². The van der Waals surface area contributed by atoms with E-state index in [0.29, 0.717) is 15.9 Å². The van der Waals surface area contributed by atoms with Crippen LogP contribution in [0.2, 0.25) is 0 Å². The second kappa shape index (κ2) is 2.00. The summed E-state index contributed by atoms with van der Waals surface area (Å²) in [7, 11) is 0. The highest BCUT2D eigenvalue weighted by Crippen LogP contribution is 2.14. The molecule has 3 nitrogen and oxygen atoms in total. The minimum Gasteiger partial charge on any atom is -0.286 e. The molecule has 1 heterocycles. The van der Waals surface area contributed by atoms with Crippen LogP contribution in [-0.4, -0.2) is 20.9 Å². The van der Waals surface area contributed by atoms with Gasteiger partial charge in [-0.3, -0.25) is 5.41 Å². The van der Waals surface area contributed by atoms with E-state index in [1.807, 2.05) is 0 Å². The first-order valence-corrected chi connectivity index (χ1v) is 3.40. The number of thioether (sulfide) groups is 1. The molecule has 1 aliphatic rings. The first-order valence-electron chi connectivity index (χ1n) is 2.01. The summed E-state index contributed by atoms with van der Waals surface area (Å²) in [6.07, 6.45) is 0. The molecule has 1 aliphatic heterocycles. The summed E-state index contributed by atoms with van der Waals surface area (Å²) < 4.78 is 0.593. The maximum Gasteiger partial charge on any atom is 0.156 e. The molecule has 1 fully saturated rings. The number of hydrogen-bond donors (Lipinski definition) is 2. The molecule has 0 aromatic heterocycles. The Kier molecular flexibility index (Phi) is 1.50. The van der Waals surface area contributed by atoms with Crippen LogP contribution in [0.25, 0.3) is 0 Å². The molecule has 0 amide bonds. The number of rotatable bonds is 0. The molecule has 3 N–H and O–H groups in total. The zero-order chi connectivity index (χ0) is 6.15. The molecule has 0 unspecified atom stereocenters. The lowest BCUT2D eigenvalue weighted by Crippen LogP contribution is -2.34. The Bertz CT molecular complexity index is 127. The van der Waals surface area contributed by atoms with Crippen LogP contribution in [0.4, 0.5) is 0 Å². The summed E-state index contributed by atoms with van der Waals surface area (Å²) in [6, 6.07) is 0. The highest BCUT2D eigenvalue weighted by atomic mass is 32.2. The number of nitrogens with two attached hydrogens (primary N) is 1. The van der Waals surface area contributed by atoms with Gasteiger partial charge in [0, 0.05) is 0 Å². The third-order valence-corrected chi connectivity index (χ3v) is 2.23. The largest absolute Gasteiger partial charge is 0.286 e. The average Bonchev–Trinajstić information content (AvgIpc) is 1.98. The van der Waals surface area contributed by atoms with E-state index in [4.69, 9.17) is 23.5 Å². The van der Waals surface area contributed by atoms with Crippen LogP contribution in [0.5, 0.6) is 0 Å². The standard InChI is InChI=1S/C3H5N3S2/c4-2-1-8-3(7)6(2)5/h4H,1,5H2. The molecule has 0 aliphatic carbocycles. The number of nitrogens with zero attached hydrogens (tertiary/aromatic N) is 1. The van der Waals surface area contributed by atoms with E-state index >= 15 is 0 Å². The van der Waals surface area contributed by atoms with Gasteiger partial charge in [0.05, 0.1) is 5.75 Å². The Balaban J connectivity index is 2.70. The lowest BCUT2D eigenvalue weighted by atomic mass is 10.7. The Hall–Kier alpha value is -0.130. The fourth-order valence-corrected chi connectivity index (χ4v) is 1.31. The topological polar surface area (TPSA) is 53.1 Å². The van der Waals surface area contributed by atoms with Gasteiger partial charge in [-0.2, -0.15) is 0 Å². The van der Waals surface area contributed by atoms with E-state index in [2.05, 4.69) is 0 Å². The van der Waals surface area contributed by atoms with Crippen LogP contribution in [0.1, 0.15) is 0 Å². The summed E-state index contributed by atoms with van der Waals surface area (Å²) in [6.45, 7) is 0. The minimum atomic E-state index is 0.389. The molecule has 1 rings (SSSR count). The van der Waals surface area contributed by atoms with Gasteiger partial charge in [-0.05, 0) is 0 Å². The van der Waals surface area contributed by atoms with Gasteiger partial charge in [0.15, 0.2) is 4.32 Å². The van der Waals surface area contributed by atoms with Crippen molar-refractivity contribution in [2.75, 3.05) is 5.75 Å². The summed E-state index contributed by atoms with van der Waals surface area (Å²) >= 11 is 6.16. The molecule has 0 aromatic rings. The van der Waals surface area contributed by atoms with Crippen molar-refractivity contribution in [3.8, 4) is 0 Å². The van der Waals surface area contributed by atoms with Gasteiger partial charge in [0.1, 0.15) is 5.84 Å². The highest BCUT2D eigenvalue weighted by Gasteiger charge is 2.19. The maximum atomic E-state index is 7.08. The summed E-state index contributed by atoms with van der Waals surface area (Å²) in [5.41, 5.74) is 0. The smallest absolute Gasteiger partial charge is 0.156 e. The first kappa shape index (κ1) is 6.00. The molecule has 0 saturated carbocycles. The van der Waals surface area contributed by atoms with Gasteiger partial charge in [0.25, 0.3) is 0 Å². The number of amidine groups is 1. The van der Waals surface area contributed by atoms with Gasteiger partial charge in [-0.25, -0.2) is 10.9 Å². The van der Waals surface area contributed by atoms with Gasteiger partial charge < -0.3 is 0 Å². The average molecular weight is 147 g/mol. The third-order valence-electron chi connectivity index (χ3n) is 0.820. The highest BCUT2D eigenvalue weighted by molar-refractivity contribution is 8.23. The van der Waals surface area contributed by atoms with Gasteiger partial charge >= 0.3 is 0 Å². The molecule has 5 heteroatoms. The van der Waals surface area contributed by atoms with Crippen molar-refractivity contribution >= 4 is 34.1 Å². The van der Waals surface area contributed by atoms with E-state index in [1.54, 1.807) is 0 Å². The Morgan fingerprint density at radius 2 is 2.50 bits per heavy atom. The van der Waals surface area contributed by atoms with Crippen molar-refractivity contribution in [2.24, 2.45) is 5.84 Å². The van der Waals surface area contributed by atoms with Crippen molar-refractivity contribution in [1.29, 1.82) is 5.41 Å². The molecule has 0 radical (unpaired) electrons. The first-order chi connectivity index (χ1) is 3.72. The zero-order valence-corrected chi connectivity index (χ0v) is 5.68. The van der Waals surface area contributed by atoms with Gasteiger partial charge in [-0.1, -0.05) is 24.0 Å². The fraction of sp³-hybridized carbons (Fsp3) is 0.333. The molecule has 8 heavy (non-hydrogen) atoms. The van der Waals surface area contributed by atoms with E-state index in [1.165, 1.54) is 16.8 Å². The Morgan fingerprint density at radius 1 is 1.88 bits per heavy atom. The Labute approximate surface area is 56.7 Å². The van der Waals surface area contributed by atoms with Crippen LogP contribution in [0.3, 0.4) is 0 Å². The summed E-state index contributed by atoms with van der Waals surface area (Å²) in [5, 5.41) is 8.30. The summed E-state index contributed by atoms with van der Waals surface area (Å²) in [4.78, 5) is 0. The lowest BCUT2D eigenvalue weighted by Gasteiger charge is -2.05. The third kappa shape index (κ3) is 0.841. The molecule has 0 aromatic carbocycles. The van der Waals surface area contributed by atoms with Crippen molar-refractivity contribution in [3.63, 3.8) is 0 Å². The van der Waals surface area contributed by atoms with Crippen LogP contribution >= 0.6 is 24.0 Å². The van der Waals surface area contributed by atoms with Crippen molar-refractivity contribution < 1.29 is 0 Å². The van der Waals surface area contributed by atoms with Crippen molar-refractivity contribution in [1.82, 2.24) is 5.01 Å². The zero-order valence-electron chi connectivity index (χ0n) is 4.05. The molecular weight excluding hydrogens is 142 g/mol. The monoisotopic (exact) mass is 147 g/mol. The maximum absolute atomic E-state index is 7.08. The second-order valence-corrected chi connectivity index (χ2v) is 2.98. The number of nitrogens with one attached hydrogen (secondary N) is 1. The van der Waals surface area contributed by atoms with Crippen molar-refractivity contribution in [3.05, 3.63) is 0 Å². The van der Waals surface area contributed by atoms with Gasteiger partial charge in [0.2, 0.25) is 0 Å². The number of hydrogen-bond acceptors (Lipinski definition) is 4. The SMILES string of the molecule is N=C1CSC(=S)N1N. The quantitative estimate of drug-likeness (QED) is 0.379. The second-order valence-electron chi connectivity index (χ2n) is 1.37. The molecule has 0 bridgehead atoms. The minimum absolute atomic E-state index is 0.389. The summed E-state index contributed by atoms with van der Waals surface area (Å²) in [5.74, 6) is 6.28. The van der Waals surface area contributed by atoms with E-state index in [-0.39, 0.29) is 0 Å². The molecule has 44 valence electrons. The fourth-order valence-electron chi connectivity index (χ4n) is 0.379. The number of hydrazine groups is 1. The van der Waals surface area contributed by atoms with Crippen LogP contribution in [0.15, 0.2) is 0 Å². The molecule has 1 saturated heterocycles. The predicted octanol–water partition coefficient (Wildman–Crippen LogP) is 0.171. The molecule has 0 atom stereocenters. The predicted molar refractivity (Wildman–Crippen MR) is 38.8 cm³/mol. The molecular formula is C3H5N3S2.